The molecule has 0 aliphatic heterocycles. The molecule has 100 valence electrons. The van der Waals surface area contributed by atoms with Crippen LogP contribution >= 0.6 is 0 Å². The predicted molar refractivity (Wildman–Crippen MR) is 75.6 cm³/mol. The fourth-order valence-corrected chi connectivity index (χ4v) is 2.25. The Morgan fingerprint density at radius 3 is 2.68 bits per heavy atom. The number of rotatable bonds is 4. The van der Waals surface area contributed by atoms with E-state index in [9.17, 15) is 4.39 Å². The molecule has 0 radical (unpaired) electrons. The van der Waals surface area contributed by atoms with Crippen LogP contribution < -0.4 is 5.32 Å². The minimum atomic E-state index is -0.293. The van der Waals surface area contributed by atoms with Crippen molar-refractivity contribution in [2.75, 3.05) is 7.05 Å². The fraction of sp³-hybridized carbons (Fsp3) is 0.312. The lowest BCUT2D eigenvalue weighted by molar-refractivity contribution is 0.571. The zero-order valence-electron chi connectivity index (χ0n) is 11.6. The van der Waals surface area contributed by atoms with Gasteiger partial charge in [-0.25, -0.2) is 4.39 Å². The third-order valence-electron chi connectivity index (χ3n) is 3.41. The first-order chi connectivity index (χ1) is 9.10. The average Bonchev–Trinajstić information content (AvgIpc) is 2.39. The van der Waals surface area contributed by atoms with Crippen LogP contribution in [0.2, 0.25) is 0 Å². The maximum atomic E-state index is 13.3. The van der Waals surface area contributed by atoms with E-state index >= 15 is 0 Å². The second-order valence-corrected chi connectivity index (χ2v) is 4.91. The van der Waals surface area contributed by atoms with E-state index in [0.717, 1.165) is 12.0 Å². The van der Waals surface area contributed by atoms with Crippen molar-refractivity contribution in [2.24, 2.45) is 0 Å². The van der Waals surface area contributed by atoms with Crippen LogP contribution in [0.5, 0.6) is 0 Å². The van der Waals surface area contributed by atoms with E-state index in [2.05, 4.69) is 42.3 Å². The van der Waals surface area contributed by atoms with Gasteiger partial charge in [-0.1, -0.05) is 23.8 Å². The van der Waals surface area contributed by atoms with Gasteiger partial charge in [-0.3, -0.25) is 4.98 Å². The molecular formula is C16H19FN2. The van der Waals surface area contributed by atoms with Crippen LogP contribution in [0.1, 0.15) is 28.3 Å². The molecule has 0 saturated heterocycles. The fourth-order valence-electron chi connectivity index (χ4n) is 2.25. The standard InChI is InChI=1S/C16H19FN2/c1-11-4-5-12(2)13(6-11)8-16(18-3)14-7-15(17)10-19-9-14/h4-7,9-10,16,18H,8H2,1-3H3. The Balaban J connectivity index is 2.26. The highest BCUT2D eigenvalue weighted by Gasteiger charge is 2.12. The number of aryl methyl sites for hydroxylation is 2. The summed E-state index contributed by atoms with van der Waals surface area (Å²) in [6, 6.07) is 8.04. The molecule has 2 aromatic rings. The number of halogens is 1. The van der Waals surface area contributed by atoms with E-state index < -0.39 is 0 Å². The zero-order valence-corrected chi connectivity index (χ0v) is 11.6. The van der Waals surface area contributed by atoms with Gasteiger partial charge in [0.05, 0.1) is 6.20 Å². The average molecular weight is 258 g/mol. The van der Waals surface area contributed by atoms with Crippen LogP contribution in [0.4, 0.5) is 4.39 Å². The second kappa shape index (κ2) is 5.93. The van der Waals surface area contributed by atoms with Crippen LogP contribution in [-0.2, 0) is 6.42 Å². The lowest BCUT2D eigenvalue weighted by atomic mass is 9.96. The second-order valence-electron chi connectivity index (χ2n) is 4.91. The Bertz CT molecular complexity index is 566. The van der Waals surface area contributed by atoms with Crippen molar-refractivity contribution in [3.8, 4) is 0 Å². The minimum Gasteiger partial charge on any atom is -0.313 e. The lowest BCUT2D eigenvalue weighted by Crippen LogP contribution is -2.19. The molecule has 1 aromatic heterocycles. The Morgan fingerprint density at radius 1 is 1.21 bits per heavy atom. The highest BCUT2D eigenvalue weighted by molar-refractivity contribution is 5.32. The smallest absolute Gasteiger partial charge is 0.141 e. The summed E-state index contributed by atoms with van der Waals surface area (Å²) in [6.07, 6.45) is 3.78. The summed E-state index contributed by atoms with van der Waals surface area (Å²) in [5.74, 6) is -0.293. The molecule has 0 saturated carbocycles. The summed E-state index contributed by atoms with van der Waals surface area (Å²) in [6.45, 7) is 4.19. The van der Waals surface area contributed by atoms with Crippen LogP contribution in [0.25, 0.3) is 0 Å². The Labute approximate surface area is 113 Å². The van der Waals surface area contributed by atoms with Crippen LogP contribution in [0.15, 0.2) is 36.7 Å². The van der Waals surface area contributed by atoms with Gasteiger partial charge in [-0.05, 0) is 50.1 Å². The molecule has 1 N–H and O–H groups in total. The third-order valence-corrected chi connectivity index (χ3v) is 3.41. The molecule has 0 spiro atoms. The topological polar surface area (TPSA) is 24.9 Å². The molecule has 1 atom stereocenters. The van der Waals surface area contributed by atoms with Crippen LogP contribution in [-0.4, -0.2) is 12.0 Å². The van der Waals surface area contributed by atoms with Crippen LogP contribution in [0, 0.1) is 19.7 Å². The maximum absolute atomic E-state index is 13.3. The first-order valence-electron chi connectivity index (χ1n) is 6.44. The number of likely N-dealkylation sites (N-methyl/N-ethyl adjacent to an activating group) is 1. The largest absolute Gasteiger partial charge is 0.313 e. The van der Waals surface area contributed by atoms with Gasteiger partial charge in [-0.15, -0.1) is 0 Å². The summed E-state index contributed by atoms with van der Waals surface area (Å²) in [5.41, 5.74) is 4.66. The summed E-state index contributed by atoms with van der Waals surface area (Å²) in [5, 5.41) is 3.23. The number of nitrogens with zero attached hydrogens (tertiary/aromatic N) is 1. The highest BCUT2D eigenvalue weighted by atomic mass is 19.1. The first kappa shape index (κ1) is 13.7. The SMILES string of the molecule is CNC(Cc1cc(C)ccc1C)c1cncc(F)c1. The molecular weight excluding hydrogens is 239 g/mol. The number of hydrogen-bond acceptors (Lipinski definition) is 2. The van der Waals surface area contributed by atoms with Crippen molar-refractivity contribution in [1.82, 2.24) is 10.3 Å². The van der Waals surface area contributed by atoms with Gasteiger partial charge in [0.15, 0.2) is 0 Å². The Morgan fingerprint density at radius 2 is 2.00 bits per heavy atom. The summed E-state index contributed by atoms with van der Waals surface area (Å²) in [7, 11) is 1.89. The van der Waals surface area contributed by atoms with Crippen molar-refractivity contribution < 1.29 is 4.39 Å². The normalized spacial score (nSPS) is 12.4. The van der Waals surface area contributed by atoms with Crippen molar-refractivity contribution >= 4 is 0 Å². The lowest BCUT2D eigenvalue weighted by Gasteiger charge is -2.18. The van der Waals surface area contributed by atoms with E-state index in [0.29, 0.717) is 0 Å². The minimum absolute atomic E-state index is 0.0729. The number of nitrogens with one attached hydrogen (secondary N) is 1. The van der Waals surface area contributed by atoms with E-state index in [1.165, 1.54) is 22.9 Å². The molecule has 1 aromatic carbocycles. The number of aromatic nitrogens is 1. The molecule has 0 aliphatic rings. The van der Waals surface area contributed by atoms with E-state index in [1.807, 2.05) is 7.05 Å². The van der Waals surface area contributed by atoms with E-state index in [4.69, 9.17) is 0 Å². The van der Waals surface area contributed by atoms with Gasteiger partial charge in [0.1, 0.15) is 5.82 Å². The Kier molecular flexibility index (Phi) is 4.27. The molecule has 1 heterocycles. The highest BCUT2D eigenvalue weighted by Crippen LogP contribution is 2.21. The number of hydrogen-bond donors (Lipinski definition) is 1. The van der Waals surface area contributed by atoms with Crippen molar-refractivity contribution in [1.29, 1.82) is 0 Å². The monoisotopic (exact) mass is 258 g/mol. The van der Waals surface area contributed by atoms with Crippen LogP contribution in [0.3, 0.4) is 0 Å². The predicted octanol–water partition coefficient (Wildman–Crippen LogP) is 3.34. The molecule has 3 heteroatoms. The van der Waals surface area contributed by atoms with Gasteiger partial charge >= 0.3 is 0 Å². The number of pyridine rings is 1. The van der Waals surface area contributed by atoms with Gasteiger partial charge in [0.25, 0.3) is 0 Å². The summed E-state index contributed by atoms with van der Waals surface area (Å²) in [4.78, 5) is 3.92. The van der Waals surface area contributed by atoms with Gasteiger partial charge in [0.2, 0.25) is 0 Å². The zero-order chi connectivity index (χ0) is 13.8. The maximum Gasteiger partial charge on any atom is 0.141 e. The van der Waals surface area contributed by atoms with Crippen molar-refractivity contribution in [3.05, 3.63) is 64.7 Å². The summed E-state index contributed by atoms with van der Waals surface area (Å²) >= 11 is 0. The molecule has 2 rings (SSSR count). The molecule has 0 aliphatic carbocycles. The van der Waals surface area contributed by atoms with Crippen molar-refractivity contribution in [3.63, 3.8) is 0 Å². The van der Waals surface area contributed by atoms with Gasteiger partial charge in [-0.2, -0.15) is 0 Å². The molecule has 1 unspecified atom stereocenters. The molecule has 2 nitrogen and oxygen atoms in total. The molecule has 0 fully saturated rings. The first-order valence-corrected chi connectivity index (χ1v) is 6.44. The third kappa shape index (κ3) is 3.38. The van der Waals surface area contributed by atoms with E-state index in [-0.39, 0.29) is 11.9 Å². The summed E-state index contributed by atoms with van der Waals surface area (Å²) < 4.78 is 13.3. The van der Waals surface area contributed by atoms with Gasteiger partial charge in [0, 0.05) is 12.2 Å². The Hall–Kier alpha value is -1.74. The van der Waals surface area contributed by atoms with E-state index in [1.54, 1.807) is 12.3 Å². The molecule has 0 amide bonds. The van der Waals surface area contributed by atoms with Gasteiger partial charge < -0.3 is 5.32 Å². The molecule has 0 bridgehead atoms. The number of benzene rings is 1. The molecule has 19 heavy (non-hydrogen) atoms. The van der Waals surface area contributed by atoms with Crippen molar-refractivity contribution in [2.45, 2.75) is 26.3 Å². The quantitative estimate of drug-likeness (QED) is 0.909.